The second kappa shape index (κ2) is 6.75. The van der Waals surface area contributed by atoms with E-state index in [2.05, 4.69) is 37.3 Å². The molecule has 0 amide bonds. The van der Waals surface area contributed by atoms with Crippen molar-refractivity contribution in [1.29, 1.82) is 0 Å². The normalized spacial score (nSPS) is 22.1. The van der Waals surface area contributed by atoms with Gasteiger partial charge in [-0.3, -0.25) is 0 Å². The van der Waals surface area contributed by atoms with Crippen molar-refractivity contribution in [2.24, 2.45) is 5.92 Å². The molecule has 0 saturated heterocycles. The maximum Gasteiger partial charge on any atom is 0.0608 e. The van der Waals surface area contributed by atoms with Gasteiger partial charge in [0.15, 0.2) is 0 Å². The Kier molecular flexibility index (Phi) is 5.00. The van der Waals surface area contributed by atoms with Crippen LogP contribution in [-0.2, 0) is 6.42 Å². The molecular weight excluding hydrogens is 220 g/mol. The smallest absolute Gasteiger partial charge is 0.0608 e. The molecule has 2 atom stereocenters. The summed E-state index contributed by atoms with van der Waals surface area (Å²) in [6, 6.07) is 10.5. The van der Waals surface area contributed by atoms with E-state index in [1.165, 1.54) is 30.4 Å². The highest BCUT2D eigenvalue weighted by atomic mass is 16.3. The molecule has 0 aromatic heterocycles. The van der Waals surface area contributed by atoms with Crippen LogP contribution in [-0.4, -0.2) is 11.2 Å². The maximum atomic E-state index is 10.4. The Morgan fingerprint density at radius 1 is 1.22 bits per heavy atom. The van der Waals surface area contributed by atoms with Gasteiger partial charge in [-0.15, -0.1) is 0 Å². The summed E-state index contributed by atoms with van der Waals surface area (Å²) < 4.78 is 0. The third kappa shape index (κ3) is 3.71. The lowest BCUT2D eigenvalue weighted by molar-refractivity contribution is 0.111. The summed E-state index contributed by atoms with van der Waals surface area (Å²) in [5.74, 6) is 0.385. The molecule has 0 radical (unpaired) electrons. The van der Waals surface area contributed by atoms with Gasteiger partial charge >= 0.3 is 0 Å². The van der Waals surface area contributed by atoms with Gasteiger partial charge in [0.1, 0.15) is 0 Å². The first-order valence-corrected chi connectivity index (χ1v) is 7.16. The molecule has 1 nitrogen and oxygen atoms in total. The first-order valence-electron chi connectivity index (χ1n) is 7.16. The zero-order valence-electron chi connectivity index (χ0n) is 11.3. The summed E-state index contributed by atoms with van der Waals surface area (Å²) in [5, 5.41) is 10.4. The number of aryl methyl sites for hydroxylation is 1. The number of hydrogen-bond acceptors (Lipinski definition) is 1. The molecule has 0 heterocycles. The Bertz CT molecular complexity index is 380. The summed E-state index contributed by atoms with van der Waals surface area (Å²) in [6.45, 7) is 2.18. The van der Waals surface area contributed by atoms with Crippen LogP contribution in [0.3, 0.4) is 0 Å². The number of hydrogen-bond donors (Lipinski definition) is 1. The van der Waals surface area contributed by atoms with Crippen molar-refractivity contribution < 1.29 is 5.11 Å². The monoisotopic (exact) mass is 244 g/mol. The van der Waals surface area contributed by atoms with Crippen LogP contribution in [0.15, 0.2) is 42.0 Å². The van der Waals surface area contributed by atoms with Crippen molar-refractivity contribution in [1.82, 2.24) is 0 Å². The topological polar surface area (TPSA) is 20.2 Å². The van der Waals surface area contributed by atoms with Crippen molar-refractivity contribution in [2.45, 2.75) is 51.6 Å². The van der Waals surface area contributed by atoms with Crippen LogP contribution in [0.1, 0.15) is 44.6 Å². The van der Waals surface area contributed by atoms with Crippen molar-refractivity contribution >= 4 is 0 Å². The average molecular weight is 244 g/mol. The van der Waals surface area contributed by atoms with Crippen LogP contribution in [0.5, 0.6) is 0 Å². The van der Waals surface area contributed by atoms with Gasteiger partial charge in [-0.05, 0) is 44.6 Å². The summed E-state index contributed by atoms with van der Waals surface area (Å²) >= 11 is 0. The molecule has 0 unspecified atom stereocenters. The quantitative estimate of drug-likeness (QED) is 0.790. The van der Waals surface area contributed by atoms with Crippen LogP contribution in [0, 0.1) is 5.92 Å². The molecule has 98 valence electrons. The first-order chi connectivity index (χ1) is 8.77. The van der Waals surface area contributed by atoms with E-state index < -0.39 is 0 Å². The second-order valence-electron chi connectivity index (χ2n) is 5.43. The van der Waals surface area contributed by atoms with Crippen LogP contribution < -0.4 is 0 Å². The fourth-order valence-corrected chi connectivity index (χ4v) is 2.87. The number of aliphatic hydroxyl groups is 1. The van der Waals surface area contributed by atoms with E-state index in [0.717, 1.165) is 19.3 Å². The Morgan fingerprint density at radius 2 is 2.00 bits per heavy atom. The fourth-order valence-electron chi connectivity index (χ4n) is 2.87. The molecule has 0 aliphatic heterocycles. The summed E-state index contributed by atoms with van der Waals surface area (Å²) in [5.41, 5.74) is 2.72. The van der Waals surface area contributed by atoms with E-state index in [0.29, 0.717) is 5.92 Å². The number of allylic oxidation sites excluding steroid dienone is 1. The van der Waals surface area contributed by atoms with Gasteiger partial charge in [0.25, 0.3) is 0 Å². The lowest BCUT2D eigenvalue weighted by Gasteiger charge is -2.22. The van der Waals surface area contributed by atoms with Crippen LogP contribution in [0.25, 0.3) is 0 Å². The molecule has 2 rings (SSSR count). The molecule has 0 saturated carbocycles. The molecule has 0 fully saturated rings. The third-order valence-electron chi connectivity index (χ3n) is 4.06. The predicted molar refractivity (Wildman–Crippen MR) is 76.5 cm³/mol. The minimum Gasteiger partial charge on any atom is -0.392 e. The van der Waals surface area contributed by atoms with Crippen molar-refractivity contribution in [3.05, 3.63) is 47.5 Å². The highest BCUT2D eigenvalue weighted by Crippen LogP contribution is 2.28. The van der Waals surface area contributed by atoms with Crippen LogP contribution in [0.2, 0.25) is 0 Å². The van der Waals surface area contributed by atoms with E-state index in [1.807, 2.05) is 6.07 Å². The standard InChI is InChI=1S/C17H24O/c1-14-8-4-2-7-11-16(14)17(18)13-12-15-9-5-3-6-10-15/h3,5-6,8-10,16-18H,2,4,7,11-13H2,1H3/t16-,17+/m0/s1. The number of benzene rings is 1. The van der Waals surface area contributed by atoms with Gasteiger partial charge in [-0.2, -0.15) is 0 Å². The van der Waals surface area contributed by atoms with E-state index in [9.17, 15) is 5.11 Å². The summed E-state index contributed by atoms with van der Waals surface area (Å²) in [7, 11) is 0. The second-order valence-corrected chi connectivity index (χ2v) is 5.43. The van der Waals surface area contributed by atoms with E-state index in [1.54, 1.807) is 0 Å². The highest BCUT2D eigenvalue weighted by molar-refractivity contribution is 5.15. The molecule has 0 bridgehead atoms. The highest BCUT2D eigenvalue weighted by Gasteiger charge is 2.21. The summed E-state index contributed by atoms with van der Waals surface area (Å²) in [4.78, 5) is 0. The van der Waals surface area contributed by atoms with Crippen molar-refractivity contribution in [3.63, 3.8) is 0 Å². The van der Waals surface area contributed by atoms with Crippen molar-refractivity contribution in [2.75, 3.05) is 0 Å². The Hall–Kier alpha value is -1.08. The molecule has 18 heavy (non-hydrogen) atoms. The first kappa shape index (κ1) is 13.4. The van der Waals surface area contributed by atoms with E-state index >= 15 is 0 Å². The van der Waals surface area contributed by atoms with Gasteiger partial charge in [0, 0.05) is 5.92 Å². The lowest BCUT2D eigenvalue weighted by Crippen LogP contribution is -2.22. The van der Waals surface area contributed by atoms with Crippen LogP contribution >= 0.6 is 0 Å². The Labute approximate surface area is 111 Å². The number of rotatable bonds is 4. The molecule has 1 aromatic carbocycles. The predicted octanol–water partition coefficient (Wildman–Crippen LogP) is 4.12. The average Bonchev–Trinajstić information content (AvgIpc) is 2.62. The summed E-state index contributed by atoms with van der Waals surface area (Å²) in [6.07, 6.45) is 8.86. The van der Waals surface area contributed by atoms with Gasteiger partial charge in [0.2, 0.25) is 0 Å². The Balaban J connectivity index is 1.89. The zero-order chi connectivity index (χ0) is 12.8. The largest absolute Gasteiger partial charge is 0.392 e. The minimum atomic E-state index is -0.181. The molecule has 1 heteroatoms. The van der Waals surface area contributed by atoms with Crippen molar-refractivity contribution in [3.8, 4) is 0 Å². The number of aliphatic hydroxyl groups excluding tert-OH is 1. The van der Waals surface area contributed by atoms with Gasteiger partial charge in [0.05, 0.1) is 6.10 Å². The Morgan fingerprint density at radius 3 is 2.78 bits per heavy atom. The third-order valence-corrected chi connectivity index (χ3v) is 4.06. The zero-order valence-corrected chi connectivity index (χ0v) is 11.3. The molecular formula is C17H24O. The molecule has 1 aromatic rings. The molecule has 1 aliphatic rings. The minimum absolute atomic E-state index is 0.181. The SMILES string of the molecule is CC1=CCCCC[C@@H]1[C@H](O)CCc1ccccc1. The van der Waals surface area contributed by atoms with E-state index in [-0.39, 0.29) is 6.10 Å². The lowest BCUT2D eigenvalue weighted by atomic mass is 9.88. The van der Waals surface area contributed by atoms with Gasteiger partial charge in [-0.25, -0.2) is 0 Å². The van der Waals surface area contributed by atoms with Gasteiger partial charge in [-0.1, -0.05) is 48.4 Å². The van der Waals surface area contributed by atoms with Crippen LogP contribution in [0.4, 0.5) is 0 Å². The fraction of sp³-hybridized carbons (Fsp3) is 0.529. The van der Waals surface area contributed by atoms with E-state index in [4.69, 9.17) is 0 Å². The molecule has 0 spiro atoms. The molecule has 1 aliphatic carbocycles. The van der Waals surface area contributed by atoms with Gasteiger partial charge < -0.3 is 5.11 Å². The maximum absolute atomic E-state index is 10.4. The molecule has 1 N–H and O–H groups in total.